The summed E-state index contributed by atoms with van der Waals surface area (Å²) in [5.74, 6) is 1.84. The van der Waals surface area contributed by atoms with Crippen molar-refractivity contribution >= 4 is 11.6 Å². The molecule has 0 aromatic heterocycles. The largest absolute Gasteiger partial charge is 0.314 e. The summed E-state index contributed by atoms with van der Waals surface area (Å²) in [6.45, 7) is 5.38. The summed E-state index contributed by atoms with van der Waals surface area (Å²) in [7, 11) is 0. The van der Waals surface area contributed by atoms with Crippen molar-refractivity contribution in [2.24, 2.45) is 0 Å². The summed E-state index contributed by atoms with van der Waals surface area (Å²) >= 11 is 5.82. The molecule has 0 aliphatic rings. The lowest BCUT2D eigenvalue weighted by Crippen LogP contribution is -2.26. The number of rotatable bonds is 7. The second-order valence-corrected chi connectivity index (χ2v) is 5.24. The van der Waals surface area contributed by atoms with Crippen LogP contribution in [0.4, 0.5) is 4.39 Å². The molecular weight excluding hydrogens is 261 g/mol. The lowest BCUT2D eigenvalue weighted by atomic mass is 10.0. The van der Waals surface area contributed by atoms with Crippen molar-refractivity contribution in [3.8, 4) is 12.3 Å². The van der Waals surface area contributed by atoms with Crippen LogP contribution in [0, 0.1) is 18.2 Å². The van der Waals surface area contributed by atoms with Crippen LogP contribution in [-0.2, 0) is 6.42 Å². The molecule has 0 saturated carbocycles. The van der Waals surface area contributed by atoms with Gasteiger partial charge in [-0.3, -0.25) is 0 Å². The maximum Gasteiger partial charge on any atom is 0.157 e. The number of nitrogens with one attached hydrogen (secondary N) is 1. The highest BCUT2D eigenvalue weighted by atomic mass is 35.5. The minimum Gasteiger partial charge on any atom is -0.314 e. The van der Waals surface area contributed by atoms with Crippen molar-refractivity contribution in [3.63, 3.8) is 0 Å². The fourth-order valence-corrected chi connectivity index (χ4v) is 2.24. The fraction of sp³-hybridized carbons (Fsp3) is 0.500. The molecule has 0 saturated heterocycles. The minimum absolute atomic E-state index is 0.114. The maximum atomic E-state index is 13.5. The van der Waals surface area contributed by atoms with Crippen LogP contribution < -0.4 is 5.32 Å². The molecule has 1 unspecified atom stereocenters. The molecule has 19 heavy (non-hydrogen) atoms. The molecule has 0 radical (unpaired) electrons. The topological polar surface area (TPSA) is 12.0 Å². The van der Waals surface area contributed by atoms with Gasteiger partial charge >= 0.3 is 0 Å². The van der Waals surface area contributed by atoms with E-state index in [0.29, 0.717) is 6.04 Å². The van der Waals surface area contributed by atoms with E-state index in [1.165, 1.54) is 0 Å². The van der Waals surface area contributed by atoms with Crippen LogP contribution in [0.1, 0.15) is 44.2 Å². The molecular formula is C16H21ClFN. The van der Waals surface area contributed by atoms with Crippen LogP contribution in [0.3, 0.4) is 0 Å². The molecule has 1 N–H and O–H groups in total. The first-order valence-electron chi connectivity index (χ1n) is 6.76. The molecule has 1 nitrogen and oxygen atoms in total. The Bertz CT molecular complexity index is 451. The SMILES string of the molecule is C#Cc1cc(CCCC(C)NCCC)cc(Cl)c1F. The van der Waals surface area contributed by atoms with Gasteiger partial charge in [0, 0.05) is 6.04 Å². The Balaban J connectivity index is 2.50. The Hall–Kier alpha value is -1.04. The van der Waals surface area contributed by atoms with E-state index < -0.39 is 5.82 Å². The summed E-state index contributed by atoms with van der Waals surface area (Å²) in [5, 5.41) is 3.56. The molecule has 104 valence electrons. The van der Waals surface area contributed by atoms with Gasteiger partial charge in [-0.2, -0.15) is 0 Å². The molecule has 1 atom stereocenters. The first-order valence-corrected chi connectivity index (χ1v) is 7.14. The first-order chi connectivity index (χ1) is 9.08. The highest BCUT2D eigenvalue weighted by Gasteiger charge is 2.08. The number of hydrogen-bond acceptors (Lipinski definition) is 1. The highest BCUT2D eigenvalue weighted by Crippen LogP contribution is 2.21. The van der Waals surface area contributed by atoms with Gasteiger partial charge in [-0.15, -0.1) is 6.42 Å². The van der Waals surface area contributed by atoms with Gasteiger partial charge in [0.05, 0.1) is 10.6 Å². The van der Waals surface area contributed by atoms with E-state index in [1.807, 2.05) is 0 Å². The number of halogens is 2. The number of terminal acetylenes is 1. The molecule has 1 aromatic rings. The van der Waals surface area contributed by atoms with E-state index in [1.54, 1.807) is 12.1 Å². The predicted molar refractivity (Wildman–Crippen MR) is 80.0 cm³/mol. The van der Waals surface area contributed by atoms with Gasteiger partial charge in [-0.05, 0) is 56.8 Å². The van der Waals surface area contributed by atoms with Gasteiger partial charge in [0.1, 0.15) is 0 Å². The van der Waals surface area contributed by atoms with Crippen molar-refractivity contribution in [3.05, 3.63) is 34.1 Å². The molecule has 0 bridgehead atoms. The molecule has 0 heterocycles. The zero-order valence-electron chi connectivity index (χ0n) is 11.6. The smallest absolute Gasteiger partial charge is 0.157 e. The molecule has 0 spiro atoms. The van der Waals surface area contributed by atoms with Gasteiger partial charge in [0.15, 0.2) is 5.82 Å². The quantitative estimate of drug-likeness (QED) is 0.740. The van der Waals surface area contributed by atoms with Gasteiger partial charge in [-0.25, -0.2) is 4.39 Å². The lowest BCUT2D eigenvalue weighted by molar-refractivity contribution is 0.498. The molecule has 0 fully saturated rings. The van der Waals surface area contributed by atoms with Crippen molar-refractivity contribution in [2.45, 2.75) is 45.6 Å². The maximum absolute atomic E-state index is 13.5. The standard InChI is InChI=1S/C16H21ClFN/c1-4-9-19-12(3)7-6-8-13-10-14(5-2)16(18)15(17)11-13/h2,10-12,19H,4,6-9H2,1,3H3. The van der Waals surface area contributed by atoms with E-state index in [-0.39, 0.29) is 10.6 Å². The highest BCUT2D eigenvalue weighted by molar-refractivity contribution is 6.30. The third kappa shape index (κ3) is 5.22. The Morgan fingerprint density at radius 3 is 2.84 bits per heavy atom. The molecule has 1 rings (SSSR count). The van der Waals surface area contributed by atoms with Gasteiger partial charge in [0.2, 0.25) is 0 Å². The Labute approximate surface area is 120 Å². The van der Waals surface area contributed by atoms with E-state index >= 15 is 0 Å². The second-order valence-electron chi connectivity index (χ2n) is 4.83. The average molecular weight is 282 g/mol. The Kier molecular flexibility index (Phi) is 6.91. The van der Waals surface area contributed by atoms with Gasteiger partial charge in [0.25, 0.3) is 0 Å². The summed E-state index contributed by atoms with van der Waals surface area (Å²) in [4.78, 5) is 0. The zero-order chi connectivity index (χ0) is 14.3. The molecule has 3 heteroatoms. The van der Waals surface area contributed by atoms with Crippen LogP contribution in [-0.4, -0.2) is 12.6 Å². The Morgan fingerprint density at radius 2 is 2.21 bits per heavy atom. The lowest BCUT2D eigenvalue weighted by Gasteiger charge is -2.13. The first kappa shape index (κ1) is 16.0. The second kappa shape index (κ2) is 8.19. The fourth-order valence-electron chi connectivity index (χ4n) is 2.00. The van der Waals surface area contributed by atoms with Crippen molar-refractivity contribution in [1.29, 1.82) is 0 Å². The summed E-state index contributed by atoms with van der Waals surface area (Å²) < 4.78 is 13.5. The van der Waals surface area contributed by atoms with Crippen LogP contribution in [0.15, 0.2) is 12.1 Å². The van der Waals surface area contributed by atoms with Crippen molar-refractivity contribution in [2.75, 3.05) is 6.54 Å². The minimum atomic E-state index is -0.495. The molecule has 0 aliphatic carbocycles. The summed E-state index contributed by atoms with van der Waals surface area (Å²) in [6, 6.07) is 3.88. The molecule has 1 aromatic carbocycles. The number of aryl methyl sites for hydroxylation is 1. The normalized spacial score (nSPS) is 12.2. The third-order valence-corrected chi connectivity index (χ3v) is 3.36. The van der Waals surface area contributed by atoms with Crippen molar-refractivity contribution < 1.29 is 4.39 Å². The molecule has 0 aliphatic heterocycles. The predicted octanol–water partition coefficient (Wildman–Crippen LogP) is 4.17. The van der Waals surface area contributed by atoms with Crippen LogP contribution in [0.5, 0.6) is 0 Å². The number of benzene rings is 1. The zero-order valence-corrected chi connectivity index (χ0v) is 12.4. The third-order valence-electron chi connectivity index (χ3n) is 3.09. The Morgan fingerprint density at radius 1 is 1.47 bits per heavy atom. The van der Waals surface area contributed by atoms with Crippen LogP contribution in [0.2, 0.25) is 5.02 Å². The van der Waals surface area contributed by atoms with E-state index in [4.69, 9.17) is 18.0 Å². The van der Waals surface area contributed by atoms with Gasteiger partial charge < -0.3 is 5.32 Å². The van der Waals surface area contributed by atoms with Gasteiger partial charge in [-0.1, -0.05) is 24.4 Å². The van der Waals surface area contributed by atoms with Crippen LogP contribution >= 0.6 is 11.6 Å². The van der Waals surface area contributed by atoms with E-state index in [0.717, 1.165) is 37.8 Å². The monoisotopic (exact) mass is 281 g/mol. The van der Waals surface area contributed by atoms with E-state index in [2.05, 4.69) is 25.1 Å². The average Bonchev–Trinajstić information content (AvgIpc) is 2.40. The molecule has 0 amide bonds. The number of hydrogen-bond donors (Lipinski definition) is 1. The summed E-state index contributed by atoms with van der Waals surface area (Å²) in [5.41, 5.74) is 1.25. The van der Waals surface area contributed by atoms with E-state index in [9.17, 15) is 4.39 Å². The van der Waals surface area contributed by atoms with Crippen molar-refractivity contribution in [1.82, 2.24) is 5.32 Å². The summed E-state index contributed by atoms with van der Waals surface area (Å²) in [6.07, 6.45) is 9.39. The van der Waals surface area contributed by atoms with Crippen LogP contribution in [0.25, 0.3) is 0 Å².